The number of halogens is 2. The van der Waals surface area contributed by atoms with Gasteiger partial charge in [-0.1, -0.05) is 0 Å². The summed E-state index contributed by atoms with van der Waals surface area (Å²) in [6, 6.07) is 3.72. The number of hydrogen-bond donors (Lipinski definition) is 2. The van der Waals surface area contributed by atoms with E-state index in [1.807, 2.05) is 0 Å². The molecular weight excluding hydrogens is 584 g/mol. The molecule has 1 aromatic carbocycles. The molecule has 34 heavy (non-hydrogen) atoms. The average molecular weight is 602 g/mol. The normalized spacial score (nSPS) is 14.4. The van der Waals surface area contributed by atoms with Crippen molar-refractivity contribution in [2.75, 3.05) is 20.3 Å². The highest BCUT2D eigenvalue weighted by molar-refractivity contribution is 9.13. The van der Waals surface area contributed by atoms with E-state index in [9.17, 15) is 19.2 Å². The van der Waals surface area contributed by atoms with Crippen molar-refractivity contribution in [1.29, 1.82) is 0 Å². The van der Waals surface area contributed by atoms with Gasteiger partial charge in [-0.3, -0.25) is 9.69 Å². The summed E-state index contributed by atoms with van der Waals surface area (Å²) in [7, 11) is 1.21. The molecule has 0 aliphatic carbocycles. The zero-order valence-electron chi connectivity index (χ0n) is 17.8. The van der Waals surface area contributed by atoms with Gasteiger partial charge < -0.3 is 29.1 Å². The van der Waals surface area contributed by atoms with Gasteiger partial charge >= 0.3 is 18.0 Å². The lowest BCUT2D eigenvalue weighted by Gasteiger charge is -2.15. The Morgan fingerprint density at radius 2 is 1.94 bits per heavy atom. The minimum absolute atomic E-state index is 0.0148. The number of carbonyl (C=O) groups is 4. The minimum Gasteiger partial charge on any atom is -0.490 e. The molecule has 0 spiro atoms. The predicted octanol–water partition coefficient (Wildman–Crippen LogP) is 3.55. The Morgan fingerprint density at radius 3 is 2.59 bits per heavy atom. The highest BCUT2D eigenvalue weighted by Gasteiger charge is 2.35. The highest BCUT2D eigenvalue weighted by atomic mass is 79.9. The molecule has 1 aliphatic rings. The number of carboxylic acids is 1. The van der Waals surface area contributed by atoms with Gasteiger partial charge in [0.05, 0.1) is 24.7 Å². The van der Waals surface area contributed by atoms with Crippen molar-refractivity contribution in [3.8, 4) is 11.5 Å². The number of furan rings is 1. The maximum Gasteiger partial charge on any atom is 0.373 e. The maximum absolute atomic E-state index is 12.9. The number of carbonyl (C=O) groups excluding carboxylic acids is 3. The number of methoxy groups -OCH3 is 1. The van der Waals surface area contributed by atoms with E-state index < -0.39 is 30.5 Å². The summed E-state index contributed by atoms with van der Waals surface area (Å²) in [6.45, 7) is 1.23. The van der Waals surface area contributed by atoms with Gasteiger partial charge in [0.15, 0.2) is 18.1 Å². The molecule has 3 rings (SSSR count). The number of hydrogen-bond acceptors (Lipinski definition) is 8. The first-order chi connectivity index (χ1) is 16.2. The third-order valence-electron chi connectivity index (χ3n) is 4.42. The van der Waals surface area contributed by atoms with E-state index in [1.54, 1.807) is 13.0 Å². The van der Waals surface area contributed by atoms with Crippen LogP contribution in [0.3, 0.4) is 0 Å². The number of carboxylic acid groups (broad SMARTS) is 1. The van der Waals surface area contributed by atoms with E-state index in [0.29, 0.717) is 14.5 Å². The van der Waals surface area contributed by atoms with Crippen LogP contribution >= 0.6 is 31.9 Å². The molecule has 1 aromatic heterocycles. The van der Waals surface area contributed by atoms with Gasteiger partial charge in [0.2, 0.25) is 5.76 Å². The molecule has 11 nitrogen and oxygen atoms in total. The number of amides is 3. The van der Waals surface area contributed by atoms with E-state index in [1.165, 1.54) is 25.3 Å². The molecule has 2 N–H and O–H groups in total. The van der Waals surface area contributed by atoms with E-state index in [-0.39, 0.29) is 41.9 Å². The van der Waals surface area contributed by atoms with Crippen LogP contribution < -0.4 is 14.8 Å². The SMILES string of the molecule is CCOc1cc(/C=C2\NC(=O)N(Cc3ccc(C(=O)OC)o3)C2=O)c(Br)c(Br)c1OCC(=O)O. The largest absolute Gasteiger partial charge is 0.490 e. The van der Waals surface area contributed by atoms with Crippen molar-refractivity contribution in [1.82, 2.24) is 10.2 Å². The molecular formula is C21H18Br2N2O9. The summed E-state index contributed by atoms with van der Waals surface area (Å²) in [5.41, 5.74) is 0.438. The van der Waals surface area contributed by atoms with Crippen LogP contribution in [0.25, 0.3) is 6.08 Å². The summed E-state index contributed by atoms with van der Waals surface area (Å²) in [5, 5.41) is 11.4. The van der Waals surface area contributed by atoms with E-state index in [4.69, 9.17) is 19.0 Å². The van der Waals surface area contributed by atoms with E-state index in [2.05, 4.69) is 41.9 Å². The Bertz CT molecular complexity index is 1190. The number of urea groups is 1. The van der Waals surface area contributed by atoms with E-state index in [0.717, 1.165) is 4.90 Å². The van der Waals surface area contributed by atoms with Crippen molar-refractivity contribution in [3.05, 3.63) is 49.9 Å². The summed E-state index contributed by atoms with van der Waals surface area (Å²) < 4.78 is 21.6. The Kier molecular flexibility index (Phi) is 7.99. The Labute approximate surface area is 209 Å². The minimum atomic E-state index is -1.16. The summed E-state index contributed by atoms with van der Waals surface area (Å²) in [4.78, 5) is 48.6. The molecule has 3 amide bonds. The lowest BCUT2D eigenvalue weighted by molar-refractivity contribution is -0.139. The molecule has 0 bridgehead atoms. The molecule has 2 heterocycles. The van der Waals surface area contributed by atoms with Crippen molar-refractivity contribution < 1.29 is 42.9 Å². The van der Waals surface area contributed by atoms with Gasteiger partial charge in [0.25, 0.3) is 5.91 Å². The zero-order chi connectivity index (χ0) is 25.0. The molecule has 180 valence electrons. The number of ether oxygens (including phenoxy) is 3. The first kappa shape index (κ1) is 25.3. The summed E-state index contributed by atoms with van der Waals surface area (Å²) >= 11 is 6.73. The zero-order valence-corrected chi connectivity index (χ0v) is 21.0. The van der Waals surface area contributed by atoms with Crippen LogP contribution in [0, 0.1) is 0 Å². The monoisotopic (exact) mass is 600 g/mol. The predicted molar refractivity (Wildman–Crippen MR) is 123 cm³/mol. The number of rotatable bonds is 9. The molecule has 0 radical (unpaired) electrons. The topological polar surface area (TPSA) is 145 Å². The Hall–Kier alpha value is -3.32. The molecule has 13 heteroatoms. The number of nitrogens with one attached hydrogen (secondary N) is 1. The fourth-order valence-corrected chi connectivity index (χ4v) is 3.89. The quantitative estimate of drug-likeness (QED) is 0.250. The standard InChI is InChI=1S/C21H18Br2N2O9/c1-3-32-14-7-10(16(22)17(23)18(14)33-9-15(26)27)6-12-19(28)25(21(30)24-12)8-11-4-5-13(34-11)20(29)31-2/h4-7H,3,8-9H2,1-2H3,(H,24,30)(H,26,27)/b12-6-. The van der Waals surface area contributed by atoms with Crippen molar-refractivity contribution in [2.45, 2.75) is 13.5 Å². The van der Waals surface area contributed by atoms with Crippen LogP contribution in [-0.4, -0.2) is 54.2 Å². The van der Waals surface area contributed by atoms with Crippen LogP contribution in [0.4, 0.5) is 4.79 Å². The van der Waals surface area contributed by atoms with Gasteiger partial charge in [-0.05, 0) is 68.6 Å². The maximum atomic E-state index is 12.9. The number of imide groups is 1. The molecule has 1 aliphatic heterocycles. The molecule has 0 atom stereocenters. The second kappa shape index (κ2) is 10.7. The average Bonchev–Trinajstić information content (AvgIpc) is 3.37. The fourth-order valence-electron chi connectivity index (χ4n) is 2.94. The molecule has 0 saturated carbocycles. The van der Waals surface area contributed by atoms with Crippen LogP contribution in [0.1, 0.15) is 28.8 Å². The van der Waals surface area contributed by atoms with Crippen LogP contribution in [0.2, 0.25) is 0 Å². The van der Waals surface area contributed by atoms with Crippen molar-refractivity contribution >= 4 is 61.8 Å². The summed E-state index contributed by atoms with van der Waals surface area (Å²) in [5.74, 6) is -1.89. The summed E-state index contributed by atoms with van der Waals surface area (Å²) in [6.07, 6.45) is 1.43. The van der Waals surface area contributed by atoms with E-state index >= 15 is 0 Å². The Morgan fingerprint density at radius 1 is 1.21 bits per heavy atom. The molecule has 1 fully saturated rings. The third-order valence-corrected chi connectivity index (χ3v) is 6.56. The number of aliphatic carboxylic acids is 1. The van der Waals surface area contributed by atoms with Gasteiger partial charge in [0, 0.05) is 4.47 Å². The molecule has 1 saturated heterocycles. The number of esters is 1. The lowest BCUT2D eigenvalue weighted by atomic mass is 10.1. The third kappa shape index (κ3) is 5.42. The van der Waals surface area contributed by atoms with Crippen LogP contribution in [-0.2, 0) is 20.9 Å². The van der Waals surface area contributed by atoms with Gasteiger partial charge in [-0.25, -0.2) is 14.4 Å². The van der Waals surface area contributed by atoms with Crippen LogP contribution in [0.5, 0.6) is 11.5 Å². The smallest absolute Gasteiger partial charge is 0.373 e. The second-order valence-corrected chi connectivity index (χ2v) is 8.26. The molecule has 0 unspecified atom stereocenters. The van der Waals surface area contributed by atoms with Gasteiger partial charge in [-0.15, -0.1) is 0 Å². The first-order valence-electron chi connectivity index (χ1n) is 9.67. The van der Waals surface area contributed by atoms with Crippen molar-refractivity contribution in [3.63, 3.8) is 0 Å². The van der Waals surface area contributed by atoms with Crippen LogP contribution in [0.15, 0.2) is 37.3 Å². The second-order valence-electron chi connectivity index (χ2n) is 6.67. The van der Waals surface area contributed by atoms with Gasteiger partial charge in [-0.2, -0.15) is 0 Å². The highest BCUT2D eigenvalue weighted by Crippen LogP contribution is 2.43. The fraction of sp³-hybridized carbons (Fsp3) is 0.238. The number of nitrogens with zero attached hydrogens (tertiary/aromatic N) is 1. The molecule has 2 aromatic rings. The first-order valence-corrected chi connectivity index (χ1v) is 11.3. The van der Waals surface area contributed by atoms with Crippen molar-refractivity contribution in [2.24, 2.45) is 0 Å². The number of benzene rings is 1. The van der Waals surface area contributed by atoms with Gasteiger partial charge in [0.1, 0.15) is 11.5 Å². The Balaban J connectivity index is 1.88. The lowest BCUT2D eigenvalue weighted by Crippen LogP contribution is -2.30.